The molecule has 140 valence electrons. The smallest absolute Gasteiger partial charge is 0.261 e. The molecule has 9 heteroatoms. The van der Waals surface area contributed by atoms with Gasteiger partial charge >= 0.3 is 0 Å². The standard InChI is InChI=1S/C18H19ClN6OS/c1-24-9-8-20-17(24)12-2-4-13(5-3-12)25-14(11-22-23-25)10-21-18(26)15-6-7-16(19)27-15/h2-7,11,22-23H,8-10H2,1H3,(H,21,26). The van der Waals surface area contributed by atoms with Gasteiger partial charge in [0.1, 0.15) is 5.84 Å². The van der Waals surface area contributed by atoms with E-state index in [9.17, 15) is 4.79 Å². The lowest BCUT2D eigenvalue weighted by atomic mass is 10.1. The van der Waals surface area contributed by atoms with Crippen molar-refractivity contribution in [2.24, 2.45) is 4.99 Å². The fourth-order valence-electron chi connectivity index (χ4n) is 2.97. The number of hydrogen-bond donors (Lipinski definition) is 3. The number of likely N-dealkylation sites (N-methyl/N-ethyl adjacent to an activating group) is 1. The van der Waals surface area contributed by atoms with Gasteiger partial charge in [-0.1, -0.05) is 11.6 Å². The van der Waals surface area contributed by atoms with E-state index in [1.165, 1.54) is 11.3 Å². The Morgan fingerprint density at radius 2 is 2.11 bits per heavy atom. The van der Waals surface area contributed by atoms with E-state index in [4.69, 9.17) is 11.6 Å². The van der Waals surface area contributed by atoms with Crippen LogP contribution in [0.2, 0.25) is 4.34 Å². The molecular weight excluding hydrogens is 384 g/mol. The number of rotatable bonds is 5. The second kappa shape index (κ2) is 7.59. The van der Waals surface area contributed by atoms with Gasteiger partial charge in [-0.15, -0.1) is 16.9 Å². The number of anilines is 1. The molecular formula is C18H19ClN6OS. The van der Waals surface area contributed by atoms with Crippen molar-refractivity contribution >= 4 is 40.4 Å². The van der Waals surface area contributed by atoms with E-state index in [2.05, 4.69) is 45.4 Å². The van der Waals surface area contributed by atoms with E-state index in [1.807, 2.05) is 23.3 Å². The first-order chi connectivity index (χ1) is 13.1. The average molecular weight is 403 g/mol. The average Bonchev–Trinajstić information content (AvgIpc) is 3.41. The molecule has 0 unspecified atom stereocenters. The van der Waals surface area contributed by atoms with Gasteiger partial charge in [-0.05, 0) is 36.4 Å². The maximum Gasteiger partial charge on any atom is 0.261 e. The van der Waals surface area contributed by atoms with Crippen molar-refractivity contribution in [3.05, 3.63) is 63.1 Å². The summed E-state index contributed by atoms with van der Waals surface area (Å²) >= 11 is 7.15. The molecule has 0 aliphatic carbocycles. The maximum absolute atomic E-state index is 12.2. The summed E-state index contributed by atoms with van der Waals surface area (Å²) in [7, 11) is 2.05. The highest BCUT2D eigenvalue weighted by Crippen LogP contribution is 2.22. The minimum Gasteiger partial charge on any atom is -0.358 e. The normalized spacial score (nSPS) is 16.2. The molecule has 4 rings (SSSR count). The van der Waals surface area contributed by atoms with Crippen molar-refractivity contribution in [1.29, 1.82) is 0 Å². The largest absolute Gasteiger partial charge is 0.358 e. The van der Waals surface area contributed by atoms with Gasteiger partial charge in [0.15, 0.2) is 0 Å². The quantitative estimate of drug-likeness (QED) is 0.715. The molecule has 2 aliphatic heterocycles. The number of halogens is 1. The Morgan fingerprint density at radius 3 is 2.78 bits per heavy atom. The number of aliphatic imine (C=N–C) groups is 1. The molecule has 1 aromatic heterocycles. The van der Waals surface area contributed by atoms with E-state index < -0.39 is 0 Å². The highest BCUT2D eigenvalue weighted by Gasteiger charge is 2.19. The Kier molecular flexibility index (Phi) is 5.02. The highest BCUT2D eigenvalue weighted by atomic mass is 35.5. The van der Waals surface area contributed by atoms with Crippen LogP contribution in [0, 0.1) is 0 Å². The Morgan fingerprint density at radius 1 is 1.30 bits per heavy atom. The van der Waals surface area contributed by atoms with Gasteiger partial charge < -0.3 is 15.6 Å². The third-order valence-electron chi connectivity index (χ3n) is 4.37. The highest BCUT2D eigenvalue weighted by molar-refractivity contribution is 7.18. The molecule has 0 saturated carbocycles. The van der Waals surface area contributed by atoms with Gasteiger partial charge in [0.2, 0.25) is 0 Å². The first-order valence-electron chi connectivity index (χ1n) is 8.52. The van der Waals surface area contributed by atoms with E-state index in [1.54, 1.807) is 12.1 Å². The van der Waals surface area contributed by atoms with Gasteiger partial charge in [-0.2, -0.15) is 0 Å². The van der Waals surface area contributed by atoms with Crippen molar-refractivity contribution in [2.45, 2.75) is 0 Å². The SMILES string of the molecule is CN1CCN=C1c1ccc(N2NNC=C2CNC(=O)c2ccc(Cl)s2)cc1. The van der Waals surface area contributed by atoms with Gasteiger partial charge in [0, 0.05) is 25.4 Å². The maximum atomic E-state index is 12.2. The first kappa shape index (κ1) is 17.8. The summed E-state index contributed by atoms with van der Waals surface area (Å²) in [5.74, 6) is 0.879. The predicted molar refractivity (Wildman–Crippen MR) is 109 cm³/mol. The number of carbonyl (C=O) groups is 1. The number of benzene rings is 1. The number of thiophene rings is 1. The molecule has 27 heavy (non-hydrogen) atoms. The van der Waals surface area contributed by atoms with E-state index in [-0.39, 0.29) is 5.91 Å². The summed E-state index contributed by atoms with van der Waals surface area (Å²) in [6.45, 7) is 2.18. The van der Waals surface area contributed by atoms with Crippen molar-refractivity contribution < 1.29 is 4.79 Å². The molecule has 0 bridgehead atoms. The molecule has 1 amide bonds. The summed E-state index contributed by atoms with van der Waals surface area (Å²) in [5, 5.41) is 4.81. The summed E-state index contributed by atoms with van der Waals surface area (Å²) in [6, 6.07) is 11.6. The molecule has 3 N–H and O–H groups in total. The van der Waals surface area contributed by atoms with Crippen LogP contribution in [0.5, 0.6) is 0 Å². The van der Waals surface area contributed by atoms with Gasteiger partial charge in [-0.25, -0.2) is 0 Å². The molecule has 3 heterocycles. The summed E-state index contributed by atoms with van der Waals surface area (Å²) < 4.78 is 0.600. The van der Waals surface area contributed by atoms with Crippen LogP contribution in [0.25, 0.3) is 0 Å². The lowest BCUT2D eigenvalue weighted by molar-refractivity contribution is 0.0961. The molecule has 0 fully saturated rings. The zero-order valence-electron chi connectivity index (χ0n) is 14.7. The topological polar surface area (TPSA) is 72.0 Å². The van der Waals surface area contributed by atoms with Crippen molar-refractivity contribution in [1.82, 2.24) is 21.2 Å². The number of hydrogen-bond acceptors (Lipinski definition) is 7. The number of nitrogens with zero attached hydrogens (tertiary/aromatic N) is 3. The zero-order chi connectivity index (χ0) is 18.8. The number of hydrazine groups is 2. The lowest BCUT2D eigenvalue weighted by Crippen LogP contribution is -2.40. The second-order valence-corrected chi connectivity index (χ2v) is 7.90. The molecule has 2 aromatic rings. The Balaban J connectivity index is 1.41. The number of nitrogens with one attached hydrogen (secondary N) is 3. The number of amidine groups is 1. The minimum absolute atomic E-state index is 0.141. The van der Waals surface area contributed by atoms with Crippen LogP contribution in [-0.4, -0.2) is 43.3 Å². The van der Waals surface area contributed by atoms with Crippen molar-refractivity contribution in [2.75, 3.05) is 31.7 Å². The van der Waals surface area contributed by atoms with Crippen LogP contribution >= 0.6 is 22.9 Å². The minimum atomic E-state index is -0.141. The van der Waals surface area contributed by atoms with Crippen molar-refractivity contribution in [3.8, 4) is 0 Å². The fraction of sp³-hybridized carbons (Fsp3) is 0.222. The number of carbonyl (C=O) groups excluding carboxylic acids is 1. The Labute approximate surface area is 166 Å². The van der Waals surface area contributed by atoms with Gasteiger partial charge in [0.25, 0.3) is 5.91 Å². The number of amides is 1. The zero-order valence-corrected chi connectivity index (χ0v) is 16.3. The van der Waals surface area contributed by atoms with Crippen LogP contribution in [0.4, 0.5) is 5.69 Å². The Bertz CT molecular complexity index is 907. The summed E-state index contributed by atoms with van der Waals surface area (Å²) in [4.78, 5) is 19.5. The lowest BCUT2D eigenvalue weighted by Gasteiger charge is -2.22. The predicted octanol–water partition coefficient (Wildman–Crippen LogP) is 2.19. The Hall–Kier alpha value is -2.55. The summed E-state index contributed by atoms with van der Waals surface area (Å²) in [6.07, 6.45) is 1.82. The van der Waals surface area contributed by atoms with E-state index in [0.717, 1.165) is 35.9 Å². The van der Waals surface area contributed by atoms with Crippen LogP contribution < -0.4 is 21.3 Å². The molecule has 0 saturated heterocycles. The van der Waals surface area contributed by atoms with Gasteiger partial charge in [-0.3, -0.25) is 14.8 Å². The first-order valence-corrected chi connectivity index (χ1v) is 9.71. The third-order valence-corrected chi connectivity index (χ3v) is 5.60. The molecule has 0 atom stereocenters. The van der Waals surface area contributed by atoms with Crippen LogP contribution in [0.15, 0.2) is 53.3 Å². The second-order valence-electron chi connectivity index (χ2n) is 6.19. The third kappa shape index (κ3) is 3.78. The molecule has 0 spiro atoms. The molecule has 1 aromatic carbocycles. The van der Waals surface area contributed by atoms with E-state index in [0.29, 0.717) is 15.8 Å². The molecule has 2 aliphatic rings. The van der Waals surface area contributed by atoms with Gasteiger partial charge in [0.05, 0.1) is 33.7 Å². The van der Waals surface area contributed by atoms with E-state index >= 15 is 0 Å². The fourth-order valence-corrected chi connectivity index (χ4v) is 3.93. The van der Waals surface area contributed by atoms with Crippen LogP contribution in [-0.2, 0) is 0 Å². The van der Waals surface area contributed by atoms with Crippen molar-refractivity contribution in [3.63, 3.8) is 0 Å². The molecule has 0 radical (unpaired) electrons. The molecule has 7 nitrogen and oxygen atoms in total. The van der Waals surface area contributed by atoms with Crippen LogP contribution in [0.1, 0.15) is 15.2 Å². The monoisotopic (exact) mass is 402 g/mol. The summed E-state index contributed by atoms with van der Waals surface area (Å²) in [5.41, 5.74) is 9.00. The van der Waals surface area contributed by atoms with Crippen LogP contribution in [0.3, 0.4) is 0 Å².